The van der Waals surface area contributed by atoms with Crippen molar-refractivity contribution in [1.82, 2.24) is 4.98 Å². The normalized spacial score (nSPS) is 10.5. The van der Waals surface area contributed by atoms with Crippen LogP contribution in [0.5, 0.6) is 5.75 Å². The molecule has 0 bridgehead atoms. The second-order valence-electron chi connectivity index (χ2n) is 3.65. The van der Waals surface area contributed by atoms with Crippen LogP contribution in [0.25, 0.3) is 0 Å². The van der Waals surface area contributed by atoms with Crippen molar-refractivity contribution in [2.45, 2.75) is 13.5 Å². The zero-order valence-corrected chi connectivity index (χ0v) is 10.7. The van der Waals surface area contributed by atoms with Gasteiger partial charge in [0, 0.05) is 10.9 Å². The summed E-state index contributed by atoms with van der Waals surface area (Å²) in [5, 5.41) is 4.93. The molecule has 1 aromatic heterocycles. The van der Waals surface area contributed by atoms with Gasteiger partial charge in [-0.05, 0) is 31.2 Å². The lowest BCUT2D eigenvalue weighted by Gasteiger charge is -2.05. The average Bonchev–Trinajstić information content (AvgIpc) is 2.75. The van der Waals surface area contributed by atoms with Crippen molar-refractivity contribution in [3.63, 3.8) is 0 Å². The highest BCUT2D eigenvalue weighted by Crippen LogP contribution is 2.18. The van der Waals surface area contributed by atoms with Gasteiger partial charge >= 0.3 is 6.61 Å². The SMILES string of the molecule is Cc1csc(NC(=O)c2ccc(OC(F)F)cc2)n1. The Balaban J connectivity index is 2.03. The van der Waals surface area contributed by atoms with E-state index in [1.54, 1.807) is 0 Å². The maximum absolute atomic E-state index is 12.0. The van der Waals surface area contributed by atoms with E-state index in [-0.39, 0.29) is 11.7 Å². The summed E-state index contributed by atoms with van der Waals surface area (Å²) in [4.78, 5) is 15.9. The lowest BCUT2D eigenvalue weighted by atomic mass is 10.2. The van der Waals surface area contributed by atoms with Gasteiger partial charge in [-0.2, -0.15) is 8.78 Å². The van der Waals surface area contributed by atoms with Crippen LogP contribution in [-0.2, 0) is 0 Å². The van der Waals surface area contributed by atoms with Gasteiger partial charge in [-0.15, -0.1) is 11.3 Å². The lowest BCUT2D eigenvalue weighted by molar-refractivity contribution is -0.0498. The standard InChI is InChI=1S/C12H10F2N2O2S/c1-7-6-19-12(15-7)16-10(17)8-2-4-9(5-3-8)18-11(13)14/h2-6,11H,1H3,(H,15,16,17). The Bertz CT molecular complexity index is 569. The number of hydrogen-bond acceptors (Lipinski definition) is 4. The molecule has 0 aliphatic heterocycles. The van der Waals surface area contributed by atoms with Crippen LogP contribution >= 0.6 is 11.3 Å². The number of carbonyl (C=O) groups is 1. The minimum absolute atomic E-state index is 0.0108. The smallest absolute Gasteiger partial charge is 0.387 e. The first kappa shape index (κ1) is 13.4. The van der Waals surface area contributed by atoms with E-state index in [1.807, 2.05) is 12.3 Å². The first-order valence-corrected chi connectivity index (χ1v) is 6.21. The van der Waals surface area contributed by atoms with Gasteiger partial charge < -0.3 is 4.74 Å². The van der Waals surface area contributed by atoms with E-state index in [1.165, 1.54) is 35.6 Å². The molecule has 2 rings (SSSR count). The molecule has 100 valence electrons. The minimum atomic E-state index is -2.88. The molecular formula is C12H10F2N2O2S. The number of anilines is 1. The summed E-state index contributed by atoms with van der Waals surface area (Å²) < 4.78 is 28.1. The third kappa shape index (κ3) is 3.72. The summed E-state index contributed by atoms with van der Waals surface area (Å²) in [6.45, 7) is -1.05. The number of nitrogens with zero attached hydrogens (tertiary/aromatic N) is 1. The average molecular weight is 284 g/mol. The van der Waals surface area contributed by atoms with Crippen LogP contribution in [0.15, 0.2) is 29.6 Å². The number of aryl methyl sites for hydroxylation is 1. The Hall–Kier alpha value is -2.02. The van der Waals surface area contributed by atoms with Crippen LogP contribution in [-0.4, -0.2) is 17.5 Å². The molecule has 1 amide bonds. The topological polar surface area (TPSA) is 51.2 Å². The van der Waals surface area contributed by atoms with Crippen LogP contribution in [0.2, 0.25) is 0 Å². The molecule has 2 aromatic rings. The second-order valence-corrected chi connectivity index (χ2v) is 4.51. The molecule has 7 heteroatoms. The Morgan fingerprint density at radius 3 is 2.58 bits per heavy atom. The van der Waals surface area contributed by atoms with E-state index in [9.17, 15) is 13.6 Å². The molecule has 0 fully saturated rings. The van der Waals surface area contributed by atoms with Crippen LogP contribution < -0.4 is 10.1 Å². The largest absolute Gasteiger partial charge is 0.435 e. The first-order valence-electron chi connectivity index (χ1n) is 5.33. The van der Waals surface area contributed by atoms with Crippen LogP contribution in [0.4, 0.5) is 13.9 Å². The molecule has 1 heterocycles. The van der Waals surface area contributed by atoms with E-state index in [0.717, 1.165) is 5.69 Å². The van der Waals surface area contributed by atoms with Gasteiger partial charge in [-0.25, -0.2) is 4.98 Å². The Morgan fingerprint density at radius 2 is 2.05 bits per heavy atom. The summed E-state index contributed by atoms with van der Waals surface area (Å²) in [7, 11) is 0. The molecule has 0 saturated heterocycles. The number of halogens is 2. The number of aromatic nitrogens is 1. The summed E-state index contributed by atoms with van der Waals surface area (Å²) >= 11 is 1.32. The second kappa shape index (κ2) is 5.75. The number of nitrogens with one attached hydrogen (secondary N) is 1. The van der Waals surface area contributed by atoms with Gasteiger partial charge in [-0.3, -0.25) is 10.1 Å². The molecule has 0 saturated carbocycles. The predicted octanol–water partition coefficient (Wildman–Crippen LogP) is 3.31. The molecule has 0 spiro atoms. The monoisotopic (exact) mass is 284 g/mol. The molecule has 1 aromatic carbocycles. The van der Waals surface area contributed by atoms with Crippen LogP contribution in [0.1, 0.15) is 16.1 Å². The number of amides is 1. The summed E-state index contributed by atoms with van der Waals surface area (Å²) in [6, 6.07) is 5.45. The third-order valence-electron chi connectivity index (χ3n) is 2.18. The molecule has 0 aliphatic rings. The third-order valence-corrected chi connectivity index (χ3v) is 3.06. The van der Waals surface area contributed by atoms with Crippen molar-refractivity contribution in [2.24, 2.45) is 0 Å². The highest BCUT2D eigenvalue weighted by Gasteiger charge is 2.09. The van der Waals surface area contributed by atoms with Crippen molar-refractivity contribution in [3.8, 4) is 5.75 Å². The summed E-state index contributed by atoms with van der Waals surface area (Å²) in [5.74, 6) is -0.338. The van der Waals surface area contributed by atoms with Gasteiger partial charge in [0.2, 0.25) is 0 Å². The molecule has 19 heavy (non-hydrogen) atoms. The van der Waals surface area contributed by atoms with E-state index in [0.29, 0.717) is 10.7 Å². The zero-order chi connectivity index (χ0) is 13.8. The summed E-state index contributed by atoms with van der Waals surface area (Å²) in [5.41, 5.74) is 1.16. The number of carbonyl (C=O) groups excluding carboxylic acids is 1. The maximum atomic E-state index is 12.0. The molecule has 0 atom stereocenters. The number of alkyl halides is 2. The maximum Gasteiger partial charge on any atom is 0.387 e. The first-order chi connectivity index (χ1) is 9.04. The molecular weight excluding hydrogens is 274 g/mol. The van der Waals surface area contributed by atoms with E-state index in [2.05, 4.69) is 15.0 Å². The minimum Gasteiger partial charge on any atom is -0.435 e. The highest BCUT2D eigenvalue weighted by molar-refractivity contribution is 7.13. The fourth-order valence-electron chi connectivity index (χ4n) is 1.37. The number of rotatable bonds is 4. The number of benzene rings is 1. The van der Waals surface area contributed by atoms with Gasteiger partial charge in [0.15, 0.2) is 5.13 Å². The van der Waals surface area contributed by atoms with E-state index >= 15 is 0 Å². The molecule has 4 nitrogen and oxygen atoms in total. The summed E-state index contributed by atoms with van der Waals surface area (Å²) in [6.07, 6.45) is 0. The van der Waals surface area contributed by atoms with Crippen molar-refractivity contribution in [3.05, 3.63) is 40.9 Å². The van der Waals surface area contributed by atoms with E-state index in [4.69, 9.17) is 0 Å². The number of hydrogen-bond donors (Lipinski definition) is 1. The molecule has 1 N–H and O–H groups in total. The van der Waals surface area contributed by atoms with E-state index < -0.39 is 6.61 Å². The van der Waals surface area contributed by atoms with Gasteiger partial charge in [-0.1, -0.05) is 0 Å². The van der Waals surface area contributed by atoms with Crippen molar-refractivity contribution in [2.75, 3.05) is 5.32 Å². The number of ether oxygens (including phenoxy) is 1. The Kier molecular flexibility index (Phi) is 4.06. The highest BCUT2D eigenvalue weighted by atomic mass is 32.1. The van der Waals surface area contributed by atoms with Crippen molar-refractivity contribution >= 4 is 22.4 Å². The zero-order valence-electron chi connectivity index (χ0n) is 9.89. The van der Waals surface area contributed by atoms with Gasteiger partial charge in [0.25, 0.3) is 5.91 Å². The van der Waals surface area contributed by atoms with Crippen LogP contribution in [0.3, 0.4) is 0 Å². The molecule has 0 radical (unpaired) electrons. The van der Waals surface area contributed by atoms with Crippen LogP contribution in [0, 0.1) is 6.92 Å². The lowest BCUT2D eigenvalue weighted by Crippen LogP contribution is -2.11. The van der Waals surface area contributed by atoms with Crippen molar-refractivity contribution < 1.29 is 18.3 Å². The Labute approximate surface area is 112 Å². The predicted molar refractivity (Wildman–Crippen MR) is 67.9 cm³/mol. The molecule has 0 aliphatic carbocycles. The van der Waals surface area contributed by atoms with Gasteiger partial charge in [0.1, 0.15) is 5.75 Å². The fourth-order valence-corrected chi connectivity index (χ4v) is 2.05. The van der Waals surface area contributed by atoms with Crippen molar-refractivity contribution in [1.29, 1.82) is 0 Å². The number of thiazole rings is 1. The molecule has 0 unspecified atom stereocenters. The van der Waals surface area contributed by atoms with Gasteiger partial charge in [0.05, 0.1) is 5.69 Å². The Morgan fingerprint density at radius 1 is 1.37 bits per heavy atom. The fraction of sp³-hybridized carbons (Fsp3) is 0.167. The quantitative estimate of drug-likeness (QED) is 0.937.